The summed E-state index contributed by atoms with van der Waals surface area (Å²) in [7, 11) is 0. The number of aromatic nitrogens is 2. The van der Waals surface area contributed by atoms with Crippen LogP contribution in [0.4, 0.5) is 5.69 Å². The molecule has 0 saturated carbocycles. The van der Waals surface area contributed by atoms with Crippen molar-refractivity contribution in [2.45, 2.75) is 17.1 Å². The normalized spacial score (nSPS) is 15.6. The Labute approximate surface area is 152 Å². The number of benzene rings is 2. The van der Waals surface area contributed by atoms with Gasteiger partial charge >= 0.3 is 0 Å². The van der Waals surface area contributed by atoms with Crippen molar-refractivity contribution in [2.75, 3.05) is 6.61 Å². The maximum Gasteiger partial charge on any atom is 0.277 e. The van der Waals surface area contributed by atoms with Gasteiger partial charge in [-0.3, -0.25) is 10.1 Å². The molecule has 1 aliphatic rings. The minimum atomic E-state index is -0.453. The zero-order chi connectivity index (χ0) is 17.9. The summed E-state index contributed by atoms with van der Waals surface area (Å²) < 4.78 is 17.1. The standard InChI is InChI=1S/C17H13N3O5S/c21-20(22)12-7-5-11(6-8-12)10-26-17-19-18-16(25-17)15-9-23-13-3-1-2-4-14(13)24-15/h1-8,15H,9-10H2/t15-/m1/s1. The Kier molecular flexibility index (Phi) is 4.44. The Morgan fingerprint density at radius 1 is 1.12 bits per heavy atom. The number of para-hydroxylation sites is 2. The van der Waals surface area contributed by atoms with Crippen molar-refractivity contribution in [1.29, 1.82) is 0 Å². The van der Waals surface area contributed by atoms with Crippen LogP contribution in [0.25, 0.3) is 0 Å². The van der Waals surface area contributed by atoms with E-state index in [2.05, 4.69) is 10.2 Å². The summed E-state index contributed by atoms with van der Waals surface area (Å²) in [5.41, 5.74) is 0.986. The van der Waals surface area contributed by atoms with Gasteiger partial charge in [0.1, 0.15) is 6.61 Å². The van der Waals surface area contributed by atoms with Gasteiger partial charge in [0.05, 0.1) is 4.92 Å². The fourth-order valence-electron chi connectivity index (χ4n) is 2.41. The van der Waals surface area contributed by atoms with Crippen LogP contribution in [0, 0.1) is 10.1 Å². The third-order valence-corrected chi connectivity index (χ3v) is 4.61. The van der Waals surface area contributed by atoms with E-state index in [9.17, 15) is 10.1 Å². The van der Waals surface area contributed by atoms with Crippen molar-refractivity contribution in [1.82, 2.24) is 10.2 Å². The number of fused-ring (bicyclic) bond motifs is 1. The minimum absolute atomic E-state index is 0.0635. The van der Waals surface area contributed by atoms with Crippen molar-refractivity contribution < 1.29 is 18.8 Å². The summed E-state index contributed by atoms with van der Waals surface area (Å²) in [6, 6.07) is 13.8. The molecule has 2 heterocycles. The van der Waals surface area contributed by atoms with Crippen molar-refractivity contribution in [3.05, 3.63) is 70.1 Å². The first kappa shape index (κ1) is 16.4. The van der Waals surface area contributed by atoms with Gasteiger partial charge in [-0.2, -0.15) is 0 Å². The van der Waals surface area contributed by atoms with Crippen LogP contribution in [0.5, 0.6) is 11.5 Å². The zero-order valence-corrected chi connectivity index (χ0v) is 14.2. The molecule has 132 valence electrons. The molecule has 1 aliphatic heterocycles. The van der Waals surface area contributed by atoms with E-state index in [0.29, 0.717) is 35.0 Å². The van der Waals surface area contributed by atoms with Crippen molar-refractivity contribution >= 4 is 17.4 Å². The van der Waals surface area contributed by atoms with E-state index in [1.54, 1.807) is 12.1 Å². The maximum absolute atomic E-state index is 10.7. The molecule has 26 heavy (non-hydrogen) atoms. The molecule has 4 rings (SSSR count). The lowest BCUT2D eigenvalue weighted by Gasteiger charge is -2.23. The highest BCUT2D eigenvalue weighted by atomic mass is 32.2. The Morgan fingerprint density at radius 3 is 2.65 bits per heavy atom. The second kappa shape index (κ2) is 7.04. The molecule has 0 radical (unpaired) electrons. The lowest BCUT2D eigenvalue weighted by Crippen LogP contribution is -2.21. The first-order chi connectivity index (χ1) is 12.7. The summed E-state index contributed by atoms with van der Waals surface area (Å²) in [4.78, 5) is 10.2. The summed E-state index contributed by atoms with van der Waals surface area (Å²) in [5.74, 6) is 2.24. The molecular weight excluding hydrogens is 358 g/mol. The van der Waals surface area contributed by atoms with Gasteiger partial charge in [0, 0.05) is 17.9 Å². The van der Waals surface area contributed by atoms with E-state index in [1.807, 2.05) is 24.3 Å². The number of nitrogens with zero attached hydrogens (tertiary/aromatic N) is 3. The molecule has 1 atom stereocenters. The highest BCUT2D eigenvalue weighted by Gasteiger charge is 2.27. The molecule has 9 heteroatoms. The summed E-state index contributed by atoms with van der Waals surface area (Å²) in [5, 5.41) is 19.1. The molecule has 1 aromatic heterocycles. The van der Waals surface area contributed by atoms with E-state index in [-0.39, 0.29) is 5.69 Å². The average Bonchev–Trinajstić information content (AvgIpc) is 3.15. The van der Waals surface area contributed by atoms with Crippen LogP contribution in [-0.2, 0) is 5.75 Å². The molecule has 8 nitrogen and oxygen atoms in total. The highest BCUT2D eigenvalue weighted by molar-refractivity contribution is 7.98. The minimum Gasteiger partial charge on any atom is -0.485 e. The molecule has 0 fully saturated rings. The number of thioether (sulfide) groups is 1. The predicted octanol–water partition coefficient (Wildman–Crippen LogP) is 3.78. The molecule has 0 N–H and O–H groups in total. The summed E-state index contributed by atoms with van der Waals surface area (Å²) >= 11 is 1.35. The van der Waals surface area contributed by atoms with Crippen LogP contribution in [0.15, 0.2) is 58.2 Å². The van der Waals surface area contributed by atoms with Crippen LogP contribution in [-0.4, -0.2) is 21.7 Å². The number of hydrogen-bond acceptors (Lipinski definition) is 8. The quantitative estimate of drug-likeness (QED) is 0.379. The van der Waals surface area contributed by atoms with Crippen LogP contribution in [0.1, 0.15) is 17.6 Å². The van der Waals surface area contributed by atoms with Gasteiger partial charge in [0.2, 0.25) is 6.10 Å². The third kappa shape index (κ3) is 3.47. The van der Waals surface area contributed by atoms with Crippen molar-refractivity contribution in [3.8, 4) is 11.5 Å². The Balaban J connectivity index is 1.38. The lowest BCUT2D eigenvalue weighted by atomic mass is 10.2. The Hall–Kier alpha value is -3.07. The Morgan fingerprint density at radius 2 is 1.88 bits per heavy atom. The van der Waals surface area contributed by atoms with Crippen LogP contribution in [0.2, 0.25) is 0 Å². The van der Waals surface area contributed by atoms with Gasteiger partial charge in [-0.1, -0.05) is 36.0 Å². The van der Waals surface area contributed by atoms with E-state index in [1.165, 1.54) is 23.9 Å². The number of rotatable bonds is 5. The number of ether oxygens (including phenoxy) is 2. The van der Waals surface area contributed by atoms with Gasteiger partial charge in [0.15, 0.2) is 11.5 Å². The molecule has 2 aromatic carbocycles. The van der Waals surface area contributed by atoms with E-state index >= 15 is 0 Å². The predicted molar refractivity (Wildman–Crippen MR) is 92.3 cm³/mol. The number of nitro groups is 1. The topological polar surface area (TPSA) is 101 Å². The Bertz CT molecular complexity index is 928. The fourth-order valence-corrected chi connectivity index (χ4v) is 3.13. The second-order valence-electron chi connectivity index (χ2n) is 5.48. The molecule has 0 bridgehead atoms. The zero-order valence-electron chi connectivity index (χ0n) is 13.4. The molecule has 0 saturated heterocycles. The van der Waals surface area contributed by atoms with Crippen molar-refractivity contribution in [2.24, 2.45) is 0 Å². The largest absolute Gasteiger partial charge is 0.485 e. The van der Waals surface area contributed by atoms with E-state index in [0.717, 1.165) is 5.56 Å². The van der Waals surface area contributed by atoms with Crippen molar-refractivity contribution in [3.63, 3.8) is 0 Å². The van der Waals surface area contributed by atoms with E-state index < -0.39 is 11.0 Å². The fraction of sp³-hybridized carbons (Fsp3) is 0.176. The van der Waals surface area contributed by atoms with Gasteiger partial charge in [0.25, 0.3) is 16.8 Å². The number of hydrogen-bond donors (Lipinski definition) is 0. The van der Waals surface area contributed by atoms with E-state index in [4.69, 9.17) is 13.9 Å². The molecule has 0 unspecified atom stereocenters. The first-order valence-corrected chi connectivity index (χ1v) is 8.75. The van der Waals surface area contributed by atoms with Crippen LogP contribution < -0.4 is 9.47 Å². The number of non-ortho nitro benzene ring substituents is 1. The lowest BCUT2D eigenvalue weighted by molar-refractivity contribution is -0.384. The number of nitro benzene ring substituents is 1. The molecule has 0 aliphatic carbocycles. The highest BCUT2D eigenvalue weighted by Crippen LogP contribution is 2.36. The smallest absolute Gasteiger partial charge is 0.277 e. The molecular formula is C17H13N3O5S. The third-order valence-electron chi connectivity index (χ3n) is 3.72. The van der Waals surface area contributed by atoms with Gasteiger partial charge in [-0.15, -0.1) is 10.2 Å². The van der Waals surface area contributed by atoms with Crippen LogP contribution in [0.3, 0.4) is 0 Å². The monoisotopic (exact) mass is 371 g/mol. The first-order valence-electron chi connectivity index (χ1n) is 7.77. The van der Waals surface area contributed by atoms with Gasteiger partial charge < -0.3 is 13.9 Å². The maximum atomic E-state index is 10.7. The summed E-state index contributed by atoms with van der Waals surface area (Å²) in [6.07, 6.45) is -0.453. The molecule has 0 spiro atoms. The SMILES string of the molecule is O=[N+]([O-])c1ccc(CSc2nnc([C@H]3COc4ccccc4O3)o2)cc1. The van der Waals surface area contributed by atoms with Gasteiger partial charge in [-0.05, 0) is 17.7 Å². The molecule has 3 aromatic rings. The van der Waals surface area contributed by atoms with Crippen LogP contribution >= 0.6 is 11.8 Å². The average molecular weight is 371 g/mol. The molecule has 0 amide bonds. The van der Waals surface area contributed by atoms with Gasteiger partial charge in [-0.25, -0.2) is 0 Å². The summed E-state index contributed by atoms with van der Waals surface area (Å²) in [6.45, 7) is 0.297. The second-order valence-corrected chi connectivity index (χ2v) is 6.41.